The van der Waals surface area contributed by atoms with Gasteiger partial charge < -0.3 is 16.0 Å². The number of carbonyl (C=O) groups is 2. The Morgan fingerprint density at radius 1 is 1.05 bits per heavy atom. The van der Waals surface area contributed by atoms with Crippen LogP contribution in [0.3, 0.4) is 0 Å². The Bertz CT molecular complexity index is 1450. The number of halogens is 2. The van der Waals surface area contributed by atoms with E-state index in [1.54, 1.807) is 24.3 Å². The number of sulfonamides is 1. The summed E-state index contributed by atoms with van der Waals surface area (Å²) in [7, 11) is -4.31. The second kappa shape index (κ2) is 11.0. The van der Waals surface area contributed by atoms with Crippen LogP contribution < -0.4 is 11.1 Å². The molecule has 8 nitrogen and oxygen atoms in total. The van der Waals surface area contributed by atoms with E-state index in [1.807, 2.05) is 31.2 Å². The van der Waals surface area contributed by atoms with Crippen LogP contribution in [-0.2, 0) is 27.9 Å². The van der Waals surface area contributed by atoms with Gasteiger partial charge in [-0.05, 0) is 48.4 Å². The summed E-state index contributed by atoms with van der Waals surface area (Å²) in [4.78, 5) is 27.8. The van der Waals surface area contributed by atoms with Crippen molar-refractivity contribution in [2.75, 3.05) is 13.1 Å². The Morgan fingerprint density at radius 3 is 2.49 bits per heavy atom. The fraction of sp³-hybridized carbons (Fsp3) is 0.231. The number of hydrogen-bond acceptors (Lipinski definition) is 5. The van der Waals surface area contributed by atoms with Crippen LogP contribution in [0.2, 0.25) is 5.02 Å². The van der Waals surface area contributed by atoms with Gasteiger partial charge in [0, 0.05) is 31.7 Å². The quantitative estimate of drug-likeness (QED) is 0.475. The van der Waals surface area contributed by atoms with Crippen molar-refractivity contribution in [3.63, 3.8) is 0 Å². The lowest BCUT2D eigenvalue weighted by molar-refractivity contribution is -0.127. The minimum Gasteiger partial charge on any atom is -0.349 e. The molecule has 1 saturated heterocycles. The van der Waals surface area contributed by atoms with Crippen molar-refractivity contribution in [1.29, 1.82) is 0 Å². The molecule has 0 saturated carbocycles. The summed E-state index contributed by atoms with van der Waals surface area (Å²) in [5, 5.41) is 2.38. The van der Waals surface area contributed by atoms with Gasteiger partial charge in [0.15, 0.2) is 6.17 Å². The molecule has 37 heavy (non-hydrogen) atoms. The Hall–Kier alpha value is -3.31. The van der Waals surface area contributed by atoms with Crippen LogP contribution in [0.25, 0.3) is 0 Å². The molecule has 0 aromatic heterocycles. The highest BCUT2D eigenvalue weighted by molar-refractivity contribution is 7.89. The van der Waals surface area contributed by atoms with Gasteiger partial charge >= 0.3 is 0 Å². The van der Waals surface area contributed by atoms with E-state index in [9.17, 15) is 22.4 Å². The smallest absolute Gasteiger partial charge is 0.259 e. The third-order valence-corrected chi connectivity index (χ3v) is 8.22. The van der Waals surface area contributed by atoms with E-state index in [4.69, 9.17) is 17.3 Å². The van der Waals surface area contributed by atoms with Crippen molar-refractivity contribution < 1.29 is 22.4 Å². The summed E-state index contributed by atoms with van der Waals surface area (Å²) in [5.74, 6) is -1.93. The molecule has 1 unspecified atom stereocenters. The van der Waals surface area contributed by atoms with Crippen LogP contribution in [0.1, 0.15) is 27.0 Å². The van der Waals surface area contributed by atoms with Gasteiger partial charge in [0.1, 0.15) is 5.82 Å². The van der Waals surface area contributed by atoms with Gasteiger partial charge in [-0.3, -0.25) is 9.59 Å². The third kappa shape index (κ3) is 5.67. The van der Waals surface area contributed by atoms with Crippen LogP contribution in [0.5, 0.6) is 0 Å². The zero-order valence-corrected chi connectivity index (χ0v) is 21.6. The standard InChI is InChI=1S/C26H26ClFN4O4S/c1-17-4-2-7-20(12-17)26(34)31-10-11-32(37(35,36)21-8-9-23(28)22(27)14-21)25(31)24(33)30-16-19-6-3-5-18(13-19)15-29/h2-9,12-14,25H,10-11,15-16,29H2,1H3,(H,30,33). The zero-order chi connectivity index (χ0) is 26.7. The van der Waals surface area contributed by atoms with Crippen LogP contribution in [-0.4, -0.2) is 48.7 Å². The highest BCUT2D eigenvalue weighted by Gasteiger charge is 2.46. The van der Waals surface area contributed by atoms with Gasteiger partial charge in [-0.15, -0.1) is 0 Å². The lowest BCUT2D eigenvalue weighted by Crippen LogP contribution is -2.53. The summed E-state index contributed by atoms with van der Waals surface area (Å²) in [6, 6.07) is 17.1. The number of aryl methyl sites for hydroxylation is 1. The summed E-state index contributed by atoms with van der Waals surface area (Å²) in [6.45, 7) is 2.12. The molecular weight excluding hydrogens is 519 g/mol. The fourth-order valence-corrected chi connectivity index (χ4v) is 6.02. The molecule has 0 radical (unpaired) electrons. The molecule has 1 aliphatic rings. The maximum absolute atomic E-state index is 13.7. The van der Waals surface area contributed by atoms with E-state index in [0.717, 1.165) is 39.2 Å². The van der Waals surface area contributed by atoms with Crippen LogP contribution in [0, 0.1) is 12.7 Å². The molecule has 3 aromatic rings. The van der Waals surface area contributed by atoms with Crippen LogP contribution >= 0.6 is 11.6 Å². The molecular formula is C26H26ClFN4O4S. The maximum Gasteiger partial charge on any atom is 0.259 e. The Labute approximate surface area is 219 Å². The van der Waals surface area contributed by atoms with Gasteiger partial charge in [0.05, 0.1) is 9.92 Å². The minimum absolute atomic E-state index is 0.0122. The highest BCUT2D eigenvalue weighted by atomic mass is 35.5. The highest BCUT2D eigenvalue weighted by Crippen LogP contribution is 2.28. The van der Waals surface area contributed by atoms with Crippen molar-refractivity contribution in [3.05, 3.63) is 99.8 Å². The second-order valence-electron chi connectivity index (χ2n) is 8.68. The van der Waals surface area contributed by atoms with Gasteiger partial charge in [-0.25, -0.2) is 12.8 Å². The molecule has 11 heteroatoms. The van der Waals surface area contributed by atoms with Gasteiger partial charge in [-0.2, -0.15) is 4.31 Å². The summed E-state index contributed by atoms with van der Waals surface area (Å²) in [6.07, 6.45) is -1.46. The molecule has 3 N–H and O–H groups in total. The lowest BCUT2D eigenvalue weighted by atomic mass is 10.1. The van der Waals surface area contributed by atoms with E-state index in [1.165, 1.54) is 4.90 Å². The number of benzene rings is 3. The van der Waals surface area contributed by atoms with Crippen molar-refractivity contribution in [1.82, 2.24) is 14.5 Å². The number of nitrogens with zero attached hydrogens (tertiary/aromatic N) is 2. The number of carbonyl (C=O) groups excluding carboxylic acids is 2. The van der Waals surface area contributed by atoms with E-state index in [2.05, 4.69) is 5.32 Å². The summed E-state index contributed by atoms with van der Waals surface area (Å²) < 4.78 is 41.7. The van der Waals surface area contributed by atoms with Gasteiger partial charge in [-0.1, -0.05) is 53.6 Å². The molecule has 194 valence electrons. The number of amides is 2. The monoisotopic (exact) mass is 544 g/mol. The topological polar surface area (TPSA) is 113 Å². The Balaban J connectivity index is 1.67. The molecule has 1 atom stereocenters. The Kier molecular flexibility index (Phi) is 7.93. The molecule has 1 fully saturated rings. The number of rotatable bonds is 7. The first-order valence-electron chi connectivity index (χ1n) is 11.5. The van der Waals surface area contributed by atoms with Crippen molar-refractivity contribution >= 4 is 33.4 Å². The van der Waals surface area contributed by atoms with Gasteiger partial charge in [0.2, 0.25) is 10.0 Å². The number of nitrogens with two attached hydrogens (primary N) is 1. The average molecular weight is 545 g/mol. The van der Waals surface area contributed by atoms with Crippen LogP contribution in [0.4, 0.5) is 4.39 Å². The summed E-state index contributed by atoms with van der Waals surface area (Å²) in [5.41, 5.74) is 8.52. The van der Waals surface area contributed by atoms with Crippen molar-refractivity contribution in [2.45, 2.75) is 31.1 Å². The lowest BCUT2D eigenvalue weighted by Gasteiger charge is -2.29. The van der Waals surface area contributed by atoms with E-state index in [0.29, 0.717) is 12.1 Å². The SMILES string of the molecule is Cc1cccc(C(=O)N2CCN(S(=O)(=O)c3ccc(F)c(Cl)c3)C2C(=O)NCc2cccc(CN)c2)c1. The number of nitrogens with one attached hydrogen (secondary N) is 1. The predicted octanol–water partition coefficient (Wildman–Crippen LogP) is 3.04. The minimum atomic E-state index is -4.31. The van der Waals surface area contributed by atoms with Crippen molar-refractivity contribution in [3.8, 4) is 0 Å². The molecule has 0 spiro atoms. The molecule has 3 aromatic carbocycles. The molecule has 4 rings (SSSR count). The third-order valence-electron chi connectivity index (χ3n) is 6.08. The van der Waals surface area contributed by atoms with E-state index < -0.39 is 33.8 Å². The molecule has 1 aliphatic heterocycles. The first-order chi connectivity index (χ1) is 17.6. The predicted molar refractivity (Wildman–Crippen MR) is 137 cm³/mol. The van der Waals surface area contributed by atoms with E-state index in [-0.39, 0.29) is 29.6 Å². The average Bonchev–Trinajstić information content (AvgIpc) is 3.34. The molecule has 2 amide bonds. The Morgan fingerprint density at radius 2 is 1.78 bits per heavy atom. The normalized spacial score (nSPS) is 16.1. The van der Waals surface area contributed by atoms with Gasteiger partial charge in [0.25, 0.3) is 11.8 Å². The zero-order valence-electron chi connectivity index (χ0n) is 20.0. The first kappa shape index (κ1) is 26.7. The van der Waals surface area contributed by atoms with Crippen LogP contribution in [0.15, 0.2) is 71.6 Å². The maximum atomic E-state index is 13.7. The molecule has 0 bridgehead atoms. The first-order valence-corrected chi connectivity index (χ1v) is 13.3. The fourth-order valence-electron chi connectivity index (χ4n) is 4.21. The van der Waals surface area contributed by atoms with E-state index >= 15 is 0 Å². The largest absolute Gasteiger partial charge is 0.349 e. The number of hydrogen-bond donors (Lipinski definition) is 2. The van der Waals surface area contributed by atoms with Crippen molar-refractivity contribution in [2.24, 2.45) is 5.73 Å². The summed E-state index contributed by atoms with van der Waals surface area (Å²) >= 11 is 5.83. The molecule has 0 aliphatic carbocycles. The second-order valence-corrected chi connectivity index (χ2v) is 11.0. The molecule has 1 heterocycles.